The van der Waals surface area contributed by atoms with E-state index in [0.29, 0.717) is 28.4 Å². The minimum Gasteiger partial charge on any atom is -0.423 e. The molecule has 36 heavy (non-hydrogen) atoms. The summed E-state index contributed by atoms with van der Waals surface area (Å²) in [5.74, 6) is 0.672. The summed E-state index contributed by atoms with van der Waals surface area (Å²) in [5.41, 5.74) is 4.86. The van der Waals surface area contributed by atoms with Crippen LogP contribution in [0.2, 0.25) is 5.02 Å². The lowest BCUT2D eigenvalue weighted by Gasteiger charge is -2.15. The molecule has 0 radical (unpaired) electrons. The van der Waals surface area contributed by atoms with Crippen LogP contribution in [0.15, 0.2) is 71.9 Å². The number of aromatic amines is 1. The Kier molecular flexibility index (Phi) is 5.52. The number of nitrogens with one attached hydrogen (secondary N) is 1. The van der Waals surface area contributed by atoms with Gasteiger partial charge in [0.25, 0.3) is 5.56 Å². The Morgan fingerprint density at radius 2 is 1.97 bits per heavy atom. The Morgan fingerprint density at radius 1 is 1.08 bits per heavy atom. The number of imidazole rings is 1. The first-order chi connectivity index (χ1) is 17.5. The number of hydrogen-bond acceptors (Lipinski definition) is 7. The number of aryl methyl sites for hydroxylation is 1. The van der Waals surface area contributed by atoms with Crippen molar-refractivity contribution < 1.29 is 10.0 Å². The van der Waals surface area contributed by atoms with Gasteiger partial charge in [-0.05, 0) is 64.1 Å². The zero-order valence-electron chi connectivity index (χ0n) is 18.8. The summed E-state index contributed by atoms with van der Waals surface area (Å²) in [7, 11) is -1.55. The number of nitrogens with zero attached hydrogens (tertiary/aromatic N) is 6. The first kappa shape index (κ1) is 22.4. The van der Waals surface area contributed by atoms with Gasteiger partial charge in [0.2, 0.25) is 0 Å². The van der Waals surface area contributed by atoms with Crippen LogP contribution in [-0.4, -0.2) is 51.9 Å². The first-order valence-corrected chi connectivity index (χ1v) is 11.7. The van der Waals surface area contributed by atoms with Crippen LogP contribution in [0.5, 0.6) is 0 Å². The number of fused-ring (bicyclic) bond motifs is 1. The van der Waals surface area contributed by atoms with Crippen LogP contribution in [0.3, 0.4) is 0 Å². The number of aromatic nitrogens is 7. The average Bonchev–Trinajstić information content (AvgIpc) is 3.64. The van der Waals surface area contributed by atoms with Crippen molar-refractivity contribution in [3.8, 4) is 28.1 Å². The second kappa shape index (κ2) is 8.87. The molecule has 4 heterocycles. The molecule has 1 atom stereocenters. The highest BCUT2D eigenvalue weighted by atomic mass is 35.5. The molecule has 0 amide bonds. The largest absolute Gasteiger partial charge is 0.488 e. The molecule has 0 saturated heterocycles. The fraction of sp³-hybridized carbons (Fsp3) is 0.125. The molecule has 178 valence electrons. The van der Waals surface area contributed by atoms with Crippen LogP contribution in [0.1, 0.15) is 24.0 Å². The van der Waals surface area contributed by atoms with E-state index in [2.05, 4.69) is 25.5 Å². The lowest BCUT2D eigenvalue weighted by molar-refractivity contribution is 0.426. The van der Waals surface area contributed by atoms with Crippen LogP contribution in [0.4, 0.5) is 0 Å². The number of tetrazole rings is 1. The standard InChI is InChI=1S/C24H19BClN7O3/c26-17-4-6-21(32-13-28-30-31-32)19(11-17)15-9-18-5-7-22(33(18)23(34)10-15)24-27-12-20(29-24)14-2-1-3-16(8-14)25(35)36/h1-4,6,8-13,22,35-36H,5,7H2,(H,27,29)/t22-/m0/s1. The number of rotatable bonds is 5. The maximum atomic E-state index is 13.4. The molecule has 0 spiro atoms. The fourth-order valence-electron chi connectivity index (χ4n) is 4.74. The molecule has 2 aromatic carbocycles. The van der Waals surface area contributed by atoms with Gasteiger partial charge in [-0.25, -0.2) is 4.98 Å². The van der Waals surface area contributed by atoms with E-state index >= 15 is 0 Å². The number of H-pyrrole nitrogens is 1. The van der Waals surface area contributed by atoms with Gasteiger partial charge in [0.15, 0.2) is 0 Å². The van der Waals surface area contributed by atoms with Crippen LogP contribution in [-0.2, 0) is 6.42 Å². The molecular weight excluding hydrogens is 481 g/mol. The van der Waals surface area contributed by atoms with Gasteiger partial charge in [0.05, 0.1) is 23.6 Å². The van der Waals surface area contributed by atoms with E-state index < -0.39 is 7.12 Å². The molecule has 5 aromatic rings. The van der Waals surface area contributed by atoms with Gasteiger partial charge in [0.1, 0.15) is 12.2 Å². The molecule has 12 heteroatoms. The molecule has 1 aliphatic rings. The van der Waals surface area contributed by atoms with E-state index in [9.17, 15) is 14.8 Å². The van der Waals surface area contributed by atoms with Gasteiger partial charge in [-0.1, -0.05) is 35.9 Å². The summed E-state index contributed by atoms with van der Waals surface area (Å²) in [6.45, 7) is 0. The van der Waals surface area contributed by atoms with Crippen LogP contribution in [0.25, 0.3) is 28.1 Å². The van der Waals surface area contributed by atoms with Crippen molar-refractivity contribution in [1.82, 2.24) is 34.7 Å². The number of hydrogen-bond donors (Lipinski definition) is 3. The second-order valence-electron chi connectivity index (χ2n) is 8.60. The van der Waals surface area contributed by atoms with Gasteiger partial charge in [-0.15, -0.1) is 5.10 Å². The molecule has 3 aromatic heterocycles. The van der Waals surface area contributed by atoms with Gasteiger partial charge in [-0.2, -0.15) is 4.68 Å². The highest BCUT2D eigenvalue weighted by molar-refractivity contribution is 6.58. The molecule has 0 unspecified atom stereocenters. The Labute approximate surface area is 210 Å². The zero-order valence-corrected chi connectivity index (χ0v) is 19.5. The van der Waals surface area contributed by atoms with Gasteiger partial charge >= 0.3 is 7.12 Å². The third-order valence-corrected chi connectivity index (χ3v) is 6.64. The van der Waals surface area contributed by atoms with E-state index in [4.69, 9.17) is 11.6 Å². The van der Waals surface area contributed by atoms with Crippen molar-refractivity contribution >= 4 is 24.2 Å². The van der Waals surface area contributed by atoms with E-state index in [1.54, 1.807) is 47.2 Å². The molecule has 0 bridgehead atoms. The predicted molar refractivity (Wildman–Crippen MR) is 134 cm³/mol. The Hall–Kier alpha value is -4.06. The normalized spacial score (nSPS) is 14.7. The molecule has 1 aliphatic heterocycles. The molecule has 0 fully saturated rings. The summed E-state index contributed by atoms with van der Waals surface area (Å²) in [4.78, 5) is 21.2. The summed E-state index contributed by atoms with van der Waals surface area (Å²) >= 11 is 6.28. The lowest BCUT2D eigenvalue weighted by atomic mass is 9.79. The Balaban J connectivity index is 1.37. The van der Waals surface area contributed by atoms with Crippen LogP contribution >= 0.6 is 11.6 Å². The Morgan fingerprint density at radius 3 is 2.78 bits per heavy atom. The van der Waals surface area contributed by atoms with Crippen LogP contribution < -0.4 is 11.0 Å². The van der Waals surface area contributed by atoms with Crippen molar-refractivity contribution in [2.45, 2.75) is 18.9 Å². The average molecular weight is 500 g/mol. The maximum absolute atomic E-state index is 13.4. The summed E-state index contributed by atoms with van der Waals surface area (Å²) in [5, 5.41) is 30.9. The molecular formula is C24H19BClN7O3. The van der Waals surface area contributed by atoms with Gasteiger partial charge in [-0.3, -0.25) is 4.79 Å². The van der Waals surface area contributed by atoms with Crippen molar-refractivity contribution in [3.63, 3.8) is 0 Å². The fourth-order valence-corrected chi connectivity index (χ4v) is 4.91. The van der Waals surface area contributed by atoms with Crippen molar-refractivity contribution in [3.05, 3.63) is 94.0 Å². The number of pyridine rings is 1. The molecule has 0 saturated carbocycles. The van der Waals surface area contributed by atoms with E-state index in [1.807, 2.05) is 18.2 Å². The summed E-state index contributed by atoms with van der Waals surface area (Å²) in [6.07, 6.45) is 4.61. The van der Waals surface area contributed by atoms with Crippen molar-refractivity contribution in [2.75, 3.05) is 0 Å². The Bertz CT molecular complexity index is 1630. The van der Waals surface area contributed by atoms with E-state index in [1.165, 1.54) is 11.0 Å². The van der Waals surface area contributed by atoms with Gasteiger partial charge < -0.3 is 19.6 Å². The zero-order chi connectivity index (χ0) is 24.8. The summed E-state index contributed by atoms with van der Waals surface area (Å²) < 4.78 is 3.30. The quantitative estimate of drug-likeness (QED) is 0.314. The van der Waals surface area contributed by atoms with E-state index in [-0.39, 0.29) is 11.6 Å². The maximum Gasteiger partial charge on any atom is 0.488 e. The minimum atomic E-state index is -1.55. The third-order valence-electron chi connectivity index (χ3n) is 6.41. The first-order valence-electron chi connectivity index (χ1n) is 11.3. The highest BCUT2D eigenvalue weighted by Crippen LogP contribution is 2.34. The van der Waals surface area contributed by atoms with Crippen molar-refractivity contribution in [1.29, 1.82) is 0 Å². The minimum absolute atomic E-state index is 0.143. The third kappa shape index (κ3) is 3.93. The molecule has 10 nitrogen and oxygen atoms in total. The summed E-state index contributed by atoms with van der Waals surface area (Å²) in [6, 6.07) is 15.7. The van der Waals surface area contributed by atoms with Gasteiger partial charge in [0, 0.05) is 22.3 Å². The highest BCUT2D eigenvalue weighted by Gasteiger charge is 2.28. The number of halogens is 1. The van der Waals surface area contributed by atoms with Crippen LogP contribution in [0, 0.1) is 0 Å². The number of benzene rings is 2. The monoisotopic (exact) mass is 499 g/mol. The molecule has 3 N–H and O–H groups in total. The van der Waals surface area contributed by atoms with E-state index in [0.717, 1.165) is 34.5 Å². The molecule has 0 aliphatic carbocycles. The topological polar surface area (TPSA) is 135 Å². The smallest absolute Gasteiger partial charge is 0.423 e. The molecule has 6 rings (SSSR count). The second-order valence-corrected chi connectivity index (χ2v) is 9.03. The predicted octanol–water partition coefficient (Wildman–Crippen LogP) is 1.75. The lowest BCUT2D eigenvalue weighted by Crippen LogP contribution is -2.29. The van der Waals surface area contributed by atoms with Crippen molar-refractivity contribution in [2.24, 2.45) is 0 Å². The SMILES string of the molecule is O=c1cc(-c2cc(Cl)ccc2-n2cnnn2)cc2n1[C@H](c1ncc(-c3cccc(B(O)O)c3)[nH]1)CC2.